The Bertz CT molecular complexity index is 458. The van der Waals surface area contributed by atoms with E-state index in [1.54, 1.807) is 12.1 Å². The molecule has 2 fully saturated rings. The largest absolute Gasteiger partial charge is 0.508 e. The van der Waals surface area contributed by atoms with Gasteiger partial charge < -0.3 is 14.9 Å². The summed E-state index contributed by atoms with van der Waals surface area (Å²) in [5.41, 5.74) is 1.27. The maximum atomic E-state index is 12.3. The number of phenolic OH excluding ortho intramolecular Hbond substituents is 1. The smallest absolute Gasteiger partial charge is 0.319 e. The third kappa shape index (κ3) is 2.74. The number of carbonyl (C=O) groups excluding carboxylic acids is 1. The van der Waals surface area contributed by atoms with Crippen LogP contribution >= 0.6 is 0 Å². The van der Waals surface area contributed by atoms with Gasteiger partial charge in [-0.25, -0.2) is 4.79 Å². The Balaban J connectivity index is 1.56. The first-order chi connectivity index (χ1) is 9.74. The van der Waals surface area contributed by atoms with Gasteiger partial charge in [-0.05, 0) is 49.3 Å². The Morgan fingerprint density at radius 1 is 0.950 bits per heavy atom. The molecule has 2 aliphatic rings. The fourth-order valence-corrected chi connectivity index (χ4v) is 3.26. The van der Waals surface area contributed by atoms with Crippen LogP contribution in [-0.2, 0) is 0 Å². The van der Waals surface area contributed by atoms with Crippen molar-refractivity contribution in [2.24, 2.45) is 0 Å². The molecule has 0 saturated carbocycles. The molecule has 2 heterocycles. The van der Waals surface area contributed by atoms with Crippen molar-refractivity contribution >= 4 is 6.03 Å². The highest BCUT2D eigenvalue weighted by molar-refractivity contribution is 5.74. The van der Waals surface area contributed by atoms with Gasteiger partial charge in [0.2, 0.25) is 0 Å². The molecule has 2 saturated heterocycles. The van der Waals surface area contributed by atoms with Crippen LogP contribution in [0.4, 0.5) is 4.79 Å². The normalized spacial score (nSPS) is 20.4. The molecule has 108 valence electrons. The molecule has 0 aliphatic carbocycles. The van der Waals surface area contributed by atoms with E-state index in [2.05, 4.69) is 0 Å². The van der Waals surface area contributed by atoms with Crippen LogP contribution in [0.1, 0.15) is 37.2 Å². The van der Waals surface area contributed by atoms with E-state index >= 15 is 0 Å². The average molecular weight is 274 g/mol. The maximum Gasteiger partial charge on any atom is 0.319 e. The molecule has 1 aromatic carbocycles. The fourth-order valence-electron chi connectivity index (χ4n) is 3.26. The minimum atomic E-state index is 0.228. The summed E-state index contributed by atoms with van der Waals surface area (Å²) in [5.74, 6) is 0.827. The van der Waals surface area contributed by atoms with Gasteiger partial charge in [0, 0.05) is 26.2 Å². The van der Waals surface area contributed by atoms with Gasteiger partial charge in [-0.15, -0.1) is 0 Å². The summed E-state index contributed by atoms with van der Waals surface area (Å²) >= 11 is 0. The number of phenols is 1. The Hall–Kier alpha value is -1.71. The van der Waals surface area contributed by atoms with E-state index in [4.69, 9.17) is 0 Å². The fraction of sp³-hybridized carbons (Fsp3) is 0.562. The Morgan fingerprint density at radius 3 is 2.10 bits per heavy atom. The van der Waals surface area contributed by atoms with Crippen LogP contribution < -0.4 is 0 Å². The SMILES string of the molecule is O=C(N1CCCC1)N1CCC(c2ccc(O)cc2)CC1. The van der Waals surface area contributed by atoms with Crippen LogP contribution in [-0.4, -0.2) is 47.1 Å². The zero-order valence-corrected chi connectivity index (χ0v) is 11.8. The van der Waals surface area contributed by atoms with Crippen molar-refractivity contribution in [1.82, 2.24) is 9.80 Å². The van der Waals surface area contributed by atoms with Gasteiger partial charge in [0.1, 0.15) is 5.75 Å². The van der Waals surface area contributed by atoms with Gasteiger partial charge >= 0.3 is 6.03 Å². The van der Waals surface area contributed by atoms with Crippen molar-refractivity contribution < 1.29 is 9.90 Å². The molecule has 2 aliphatic heterocycles. The van der Waals surface area contributed by atoms with Gasteiger partial charge in [0.25, 0.3) is 0 Å². The maximum absolute atomic E-state index is 12.3. The van der Waals surface area contributed by atoms with Gasteiger partial charge in [0.15, 0.2) is 0 Å². The number of carbonyl (C=O) groups is 1. The van der Waals surface area contributed by atoms with E-state index in [0.717, 1.165) is 51.9 Å². The van der Waals surface area contributed by atoms with E-state index in [0.29, 0.717) is 11.7 Å². The average Bonchev–Trinajstić information content (AvgIpc) is 3.02. The quantitative estimate of drug-likeness (QED) is 0.855. The first-order valence-electron chi connectivity index (χ1n) is 7.57. The lowest BCUT2D eigenvalue weighted by atomic mass is 9.89. The highest BCUT2D eigenvalue weighted by Gasteiger charge is 2.28. The summed E-state index contributed by atoms with van der Waals surface area (Å²) in [6, 6.07) is 7.72. The molecule has 0 bridgehead atoms. The first kappa shape index (κ1) is 13.3. The highest BCUT2D eigenvalue weighted by Crippen LogP contribution is 2.29. The molecule has 0 unspecified atom stereocenters. The van der Waals surface area contributed by atoms with E-state index in [1.165, 1.54) is 5.56 Å². The number of urea groups is 1. The summed E-state index contributed by atoms with van der Waals surface area (Å²) in [7, 11) is 0. The van der Waals surface area contributed by atoms with E-state index in [9.17, 15) is 9.90 Å². The van der Waals surface area contributed by atoms with Crippen LogP contribution in [0.3, 0.4) is 0 Å². The predicted molar refractivity (Wildman–Crippen MR) is 77.9 cm³/mol. The summed E-state index contributed by atoms with van der Waals surface area (Å²) in [6.45, 7) is 3.55. The molecule has 1 N–H and O–H groups in total. The highest BCUT2D eigenvalue weighted by atomic mass is 16.3. The third-order valence-corrected chi connectivity index (χ3v) is 4.51. The second kappa shape index (κ2) is 5.73. The molecule has 20 heavy (non-hydrogen) atoms. The molecular weight excluding hydrogens is 252 g/mol. The topological polar surface area (TPSA) is 43.8 Å². The van der Waals surface area contributed by atoms with Crippen molar-refractivity contribution in [2.45, 2.75) is 31.6 Å². The number of piperidine rings is 1. The molecule has 3 rings (SSSR count). The summed E-state index contributed by atoms with van der Waals surface area (Å²) in [5, 5.41) is 9.33. The van der Waals surface area contributed by atoms with Crippen molar-refractivity contribution in [3.63, 3.8) is 0 Å². The van der Waals surface area contributed by atoms with Crippen molar-refractivity contribution in [2.75, 3.05) is 26.2 Å². The molecule has 0 atom stereocenters. The monoisotopic (exact) mass is 274 g/mol. The first-order valence-corrected chi connectivity index (χ1v) is 7.57. The molecule has 2 amide bonds. The Morgan fingerprint density at radius 2 is 1.50 bits per heavy atom. The molecule has 0 radical (unpaired) electrons. The molecule has 4 heteroatoms. The van der Waals surface area contributed by atoms with Crippen LogP contribution in [0, 0.1) is 0 Å². The van der Waals surface area contributed by atoms with Crippen LogP contribution in [0.25, 0.3) is 0 Å². The number of rotatable bonds is 1. The number of nitrogens with zero attached hydrogens (tertiary/aromatic N) is 2. The van der Waals surface area contributed by atoms with E-state index in [1.807, 2.05) is 21.9 Å². The lowest BCUT2D eigenvalue weighted by molar-refractivity contribution is 0.148. The van der Waals surface area contributed by atoms with Gasteiger partial charge in [-0.1, -0.05) is 12.1 Å². The van der Waals surface area contributed by atoms with Crippen LogP contribution in [0.15, 0.2) is 24.3 Å². The molecule has 4 nitrogen and oxygen atoms in total. The Kier molecular flexibility index (Phi) is 3.81. The Labute approximate surface area is 120 Å². The van der Waals surface area contributed by atoms with E-state index < -0.39 is 0 Å². The number of benzene rings is 1. The molecule has 0 aromatic heterocycles. The zero-order valence-electron chi connectivity index (χ0n) is 11.8. The second-order valence-electron chi connectivity index (χ2n) is 5.83. The molecule has 0 spiro atoms. The number of aromatic hydroxyl groups is 1. The zero-order chi connectivity index (χ0) is 13.9. The van der Waals surface area contributed by atoms with Crippen LogP contribution in [0.2, 0.25) is 0 Å². The second-order valence-corrected chi connectivity index (χ2v) is 5.83. The predicted octanol–water partition coefficient (Wildman–Crippen LogP) is 2.79. The van der Waals surface area contributed by atoms with Gasteiger partial charge in [-0.2, -0.15) is 0 Å². The van der Waals surface area contributed by atoms with Crippen LogP contribution in [0.5, 0.6) is 5.75 Å². The van der Waals surface area contributed by atoms with E-state index in [-0.39, 0.29) is 6.03 Å². The lowest BCUT2D eigenvalue weighted by Crippen LogP contribution is -2.45. The van der Waals surface area contributed by atoms with Gasteiger partial charge in [-0.3, -0.25) is 0 Å². The summed E-state index contributed by atoms with van der Waals surface area (Å²) < 4.78 is 0. The third-order valence-electron chi connectivity index (χ3n) is 4.51. The summed E-state index contributed by atoms with van der Waals surface area (Å²) in [6.07, 6.45) is 4.33. The molecule has 1 aromatic rings. The van der Waals surface area contributed by atoms with Crippen molar-refractivity contribution in [3.8, 4) is 5.75 Å². The standard InChI is InChI=1S/C16H22N2O2/c19-15-5-3-13(4-6-15)14-7-11-18(12-8-14)16(20)17-9-1-2-10-17/h3-6,14,19H,1-2,7-12H2. The minimum absolute atomic E-state index is 0.228. The summed E-state index contributed by atoms with van der Waals surface area (Å²) in [4.78, 5) is 16.3. The lowest BCUT2D eigenvalue weighted by Gasteiger charge is -2.34. The van der Waals surface area contributed by atoms with Crippen molar-refractivity contribution in [3.05, 3.63) is 29.8 Å². The minimum Gasteiger partial charge on any atom is -0.508 e. The number of hydrogen-bond acceptors (Lipinski definition) is 2. The van der Waals surface area contributed by atoms with Gasteiger partial charge in [0.05, 0.1) is 0 Å². The molecular formula is C16H22N2O2. The van der Waals surface area contributed by atoms with Crippen molar-refractivity contribution in [1.29, 1.82) is 0 Å². The number of hydrogen-bond donors (Lipinski definition) is 1. The number of likely N-dealkylation sites (tertiary alicyclic amines) is 2. The number of amides is 2.